The predicted molar refractivity (Wildman–Crippen MR) is 90.7 cm³/mol. The maximum absolute atomic E-state index is 12.5. The minimum absolute atomic E-state index is 0. The lowest BCUT2D eigenvalue weighted by molar-refractivity contribution is 0.353. The Kier molecular flexibility index (Phi) is 7.40. The van der Waals surface area contributed by atoms with Crippen molar-refractivity contribution in [1.82, 2.24) is 10.0 Å². The van der Waals surface area contributed by atoms with Gasteiger partial charge in [-0.15, -0.1) is 12.4 Å². The standard InChI is InChI=1S/C13H19BrN2O4S.ClH/c1-19-11-7-10(14)13(8-12(11)20-2)21(17,18)16-9-3-5-15-6-4-9;/h7-9,15-16H,3-6H2,1-2H3;1H. The second kappa shape index (κ2) is 8.35. The summed E-state index contributed by atoms with van der Waals surface area (Å²) in [4.78, 5) is 0.152. The summed E-state index contributed by atoms with van der Waals surface area (Å²) >= 11 is 3.28. The van der Waals surface area contributed by atoms with Crippen molar-refractivity contribution >= 4 is 38.4 Å². The Balaban J connectivity index is 0.00000242. The molecule has 0 aromatic heterocycles. The Bertz CT molecular complexity index is 606. The Hall–Kier alpha value is -0.540. The fraction of sp³-hybridized carbons (Fsp3) is 0.538. The lowest BCUT2D eigenvalue weighted by Gasteiger charge is -2.24. The van der Waals surface area contributed by atoms with Gasteiger partial charge in [-0.3, -0.25) is 0 Å². The van der Waals surface area contributed by atoms with Gasteiger partial charge in [-0.05, 0) is 47.9 Å². The van der Waals surface area contributed by atoms with Crippen molar-refractivity contribution in [2.24, 2.45) is 0 Å². The zero-order valence-corrected chi connectivity index (χ0v) is 15.6. The van der Waals surface area contributed by atoms with Crippen molar-refractivity contribution in [2.45, 2.75) is 23.8 Å². The van der Waals surface area contributed by atoms with Crippen LogP contribution in [0.2, 0.25) is 0 Å². The number of sulfonamides is 1. The van der Waals surface area contributed by atoms with Gasteiger partial charge in [0.25, 0.3) is 0 Å². The highest BCUT2D eigenvalue weighted by atomic mass is 79.9. The maximum Gasteiger partial charge on any atom is 0.242 e. The smallest absolute Gasteiger partial charge is 0.242 e. The minimum Gasteiger partial charge on any atom is -0.493 e. The molecular formula is C13H20BrClN2O4S. The first kappa shape index (κ1) is 19.5. The lowest BCUT2D eigenvalue weighted by Crippen LogP contribution is -2.42. The zero-order chi connectivity index (χ0) is 15.5. The molecule has 0 unspecified atom stereocenters. The number of hydrogen-bond acceptors (Lipinski definition) is 5. The van der Waals surface area contributed by atoms with Gasteiger partial charge in [0.1, 0.15) is 4.90 Å². The van der Waals surface area contributed by atoms with E-state index in [9.17, 15) is 8.42 Å². The molecular weight excluding hydrogens is 396 g/mol. The fourth-order valence-corrected chi connectivity index (χ4v) is 4.61. The lowest BCUT2D eigenvalue weighted by atomic mass is 10.1. The molecule has 126 valence electrons. The molecule has 1 aliphatic heterocycles. The molecule has 0 radical (unpaired) electrons. The van der Waals surface area contributed by atoms with Crippen LogP contribution < -0.4 is 19.5 Å². The summed E-state index contributed by atoms with van der Waals surface area (Å²) < 4.78 is 38.6. The van der Waals surface area contributed by atoms with Crippen molar-refractivity contribution < 1.29 is 17.9 Å². The normalized spacial score (nSPS) is 16.0. The quantitative estimate of drug-likeness (QED) is 0.768. The molecule has 0 bridgehead atoms. The summed E-state index contributed by atoms with van der Waals surface area (Å²) in [5.41, 5.74) is 0. The second-order valence-electron chi connectivity index (χ2n) is 4.78. The first-order chi connectivity index (χ1) is 9.97. The molecule has 1 aromatic carbocycles. The van der Waals surface area contributed by atoms with Crippen molar-refractivity contribution in [1.29, 1.82) is 0 Å². The summed E-state index contributed by atoms with van der Waals surface area (Å²) in [6, 6.07) is 3.01. The third-order valence-corrected chi connectivity index (χ3v) is 5.87. The number of hydrogen-bond donors (Lipinski definition) is 2. The monoisotopic (exact) mass is 414 g/mol. The van der Waals surface area contributed by atoms with E-state index in [1.807, 2.05) is 0 Å². The van der Waals surface area contributed by atoms with Gasteiger partial charge in [-0.2, -0.15) is 0 Å². The average Bonchev–Trinajstić information content (AvgIpc) is 2.47. The van der Waals surface area contributed by atoms with E-state index in [-0.39, 0.29) is 23.3 Å². The van der Waals surface area contributed by atoms with Crippen LogP contribution in [0.15, 0.2) is 21.5 Å². The van der Waals surface area contributed by atoms with E-state index < -0.39 is 10.0 Å². The van der Waals surface area contributed by atoms with Crippen LogP contribution in [0, 0.1) is 0 Å². The highest BCUT2D eigenvalue weighted by Crippen LogP contribution is 2.35. The molecule has 1 aliphatic rings. The molecule has 22 heavy (non-hydrogen) atoms. The van der Waals surface area contributed by atoms with Crippen LogP contribution in [-0.4, -0.2) is 41.8 Å². The number of methoxy groups -OCH3 is 2. The number of ether oxygens (including phenoxy) is 2. The predicted octanol–water partition coefficient (Wildman–Crippen LogP) is 1.92. The molecule has 0 aliphatic carbocycles. The number of rotatable bonds is 5. The van der Waals surface area contributed by atoms with E-state index in [0.29, 0.717) is 16.0 Å². The van der Waals surface area contributed by atoms with Gasteiger partial charge in [-0.25, -0.2) is 13.1 Å². The summed E-state index contributed by atoms with van der Waals surface area (Å²) in [6.45, 7) is 1.64. The molecule has 0 saturated carbocycles. The highest BCUT2D eigenvalue weighted by Gasteiger charge is 2.25. The number of benzene rings is 1. The Morgan fingerprint density at radius 3 is 2.27 bits per heavy atom. The maximum atomic E-state index is 12.5. The molecule has 0 amide bonds. The number of piperidine rings is 1. The van der Waals surface area contributed by atoms with E-state index in [1.165, 1.54) is 20.3 Å². The van der Waals surface area contributed by atoms with E-state index in [1.54, 1.807) is 6.07 Å². The highest BCUT2D eigenvalue weighted by molar-refractivity contribution is 9.10. The topological polar surface area (TPSA) is 76.7 Å². The van der Waals surface area contributed by atoms with Crippen LogP contribution in [0.5, 0.6) is 11.5 Å². The van der Waals surface area contributed by atoms with Crippen LogP contribution >= 0.6 is 28.3 Å². The van der Waals surface area contributed by atoms with Crippen molar-refractivity contribution in [2.75, 3.05) is 27.3 Å². The van der Waals surface area contributed by atoms with Gasteiger partial charge < -0.3 is 14.8 Å². The molecule has 2 N–H and O–H groups in total. The van der Waals surface area contributed by atoms with Crippen molar-refractivity contribution in [3.05, 3.63) is 16.6 Å². The third-order valence-electron chi connectivity index (χ3n) is 3.39. The SMILES string of the molecule is COc1cc(Br)c(S(=O)(=O)NC2CCNCC2)cc1OC.Cl. The van der Waals surface area contributed by atoms with Crippen LogP contribution in [0.1, 0.15) is 12.8 Å². The molecule has 2 rings (SSSR count). The Labute approximate surface area is 145 Å². The molecule has 1 saturated heterocycles. The summed E-state index contributed by atoms with van der Waals surface area (Å²) in [5, 5.41) is 3.20. The molecule has 1 fully saturated rings. The average molecular weight is 416 g/mol. The molecule has 6 nitrogen and oxygen atoms in total. The third kappa shape index (κ3) is 4.48. The van der Waals surface area contributed by atoms with E-state index in [4.69, 9.17) is 9.47 Å². The largest absolute Gasteiger partial charge is 0.493 e. The van der Waals surface area contributed by atoms with Crippen LogP contribution in [0.25, 0.3) is 0 Å². The van der Waals surface area contributed by atoms with E-state index in [0.717, 1.165) is 25.9 Å². The Morgan fingerprint density at radius 2 is 1.73 bits per heavy atom. The van der Waals surface area contributed by atoms with E-state index in [2.05, 4.69) is 26.0 Å². The van der Waals surface area contributed by atoms with Crippen LogP contribution in [-0.2, 0) is 10.0 Å². The summed E-state index contributed by atoms with van der Waals surface area (Å²) in [7, 11) is -0.628. The van der Waals surface area contributed by atoms with Gasteiger partial charge in [0.05, 0.1) is 14.2 Å². The molecule has 1 aromatic rings. The number of nitrogens with one attached hydrogen (secondary N) is 2. The van der Waals surface area contributed by atoms with Crippen molar-refractivity contribution in [3.8, 4) is 11.5 Å². The fourth-order valence-electron chi connectivity index (χ4n) is 2.26. The van der Waals surface area contributed by atoms with Gasteiger partial charge in [-0.1, -0.05) is 0 Å². The zero-order valence-electron chi connectivity index (χ0n) is 12.4. The summed E-state index contributed by atoms with van der Waals surface area (Å²) in [5.74, 6) is 0.858. The summed E-state index contributed by atoms with van der Waals surface area (Å²) in [6.07, 6.45) is 1.56. The van der Waals surface area contributed by atoms with Crippen LogP contribution in [0.3, 0.4) is 0 Å². The van der Waals surface area contributed by atoms with Gasteiger partial charge in [0, 0.05) is 16.6 Å². The molecule has 1 heterocycles. The molecule has 9 heteroatoms. The van der Waals surface area contributed by atoms with E-state index >= 15 is 0 Å². The second-order valence-corrected chi connectivity index (χ2v) is 7.32. The van der Waals surface area contributed by atoms with Gasteiger partial charge in [0.2, 0.25) is 10.0 Å². The first-order valence-electron chi connectivity index (χ1n) is 6.62. The van der Waals surface area contributed by atoms with Gasteiger partial charge >= 0.3 is 0 Å². The van der Waals surface area contributed by atoms with Gasteiger partial charge in [0.15, 0.2) is 11.5 Å². The Morgan fingerprint density at radius 1 is 1.18 bits per heavy atom. The van der Waals surface area contributed by atoms with Crippen LogP contribution in [0.4, 0.5) is 0 Å². The minimum atomic E-state index is -3.61. The molecule has 0 spiro atoms. The molecule has 0 atom stereocenters. The first-order valence-corrected chi connectivity index (χ1v) is 8.90. The van der Waals surface area contributed by atoms with Crippen molar-refractivity contribution in [3.63, 3.8) is 0 Å². The number of halogens is 2.